The SMILES string of the molecule is CC(C)(C)OC(=O)N1CSC(C)(C)[C@H]1C(=O)N[C@@H](CSCC1CCCCC1)C(=O)NC1CCN(Cc2ccccc2)CC1. The average molecular weight is 633 g/mol. The molecule has 4 rings (SSSR count). The van der Waals surface area contributed by atoms with Crippen molar-refractivity contribution < 1.29 is 19.1 Å². The van der Waals surface area contributed by atoms with Gasteiger partial charge in [0.25, 0.3) is 0 Å². The van der Waals surface area contributed by atoms with E-state index in [1.54, 1.807) is 23.5 Å². The number of hydrogen-bond donors (Lipinski definition) is 2. The number of nitrogens with one attached hydrogen (secondary N) is 2. The fraction of sp³-hybridized carbons (Fsp3) is 0.727. The lowest BCUT2D eigenvalue weighted by atomic mass is 9.91. The zero-order valence-corrected chi connectivity index (χ0v) is 28.4. The third kappa shape index (κ3) is 10.3. The second-order valence-corrected chi connectivity index (χ2v) is 16.6. The molecule has 0 aromatic heterocycles. The van der Waals surface area contributed by atoms with Crippen molar-refractivity contribution in [1.82, 2.24) is 20.4 Å². The van der Waals surface area contributed by atoms with Crippen LogP contribution in [0.5, 0.6) is 0 Å². The minimum absolute atomic E-state index is 0.0824. The number of piperidine rings is 1. The Morgan fingerprint density at radius 3 is 2.37 bits per heavy atom. The Bertz CT molecular complexity index is 1070. The van der Waals surface area contributed by atoms with E-state index in [1.165, 1.54) is 42.6 Å². The Balaban J connectivity index is 1.38. The predicted octanol–water partition coefficient (Wildman–Crippen LogP) is 5.65. The van der Waals surface area contributed by atoms with E-state index in [2.05, 4.69) is 39.8 Å². The summed E-state index contributed by atoms with van der Waals surface area (Å²) in [6, 6.07) is 9.18. The first-order valence-electron chi connectivity index (χ1n) is 16.0. The number of carbonyl (C=O) groups is 3. The van der Waals surface area contributed by atoms with Gasteiger partial charge in [-0.05, 0) is 77.5 Å². The highest BCUT2D eigenvalue weighted by Crippen LogP contribution is 2.40. The number of rotatable bonds is 10. The third-order valence-corrected chi connectivity index (χ3v) is 11.3. The number of hydrogen-bond acceptors (Lipinski definition) is 7. The molecule has 1 aliphatic carbocycles. The molecule has 1 aromatic carbocycles. The van der Waals surface area contributed by atoms with Crippen molar-refractivity contribution in [3.63, 3.8) is 0 Å². The molecule has 43 heavy (non-hydrogen) atoms. The predicted molar refractivity (Wildman–Crippen MR) is 177 cm³/mol. The van der Waals surface area contributed by atoms with Crippen LogP contribution in [0, 0.1) is 5.92 Å². The minimum atomic E-state index is -0.729. The number of nitrogens with zero attached hydrogens (tertiary/aromatic N) is 2. The number of ether oxygens (including phenoxy) is 1. The second kappa shape index (κ2) is 15.4. The van der Waals surface area contributed by atoms with Crippen molar-refractivity contribution >= 4 is 41.4 Å². The van der Waals surface area contributed by atoms with Crippen LogP contribution in [0.2, 0.25) is 0 Å². The molecule has 8 nitrogen and oxygen atoms in total. The van der Waals surface area contributed by atoms with E-state index in [1.807, 2.05) is 40.7 Å². The summed E-state index contributed by atoms with van der Waals surface area (Å²) in [4.78, 5) is 44.6. The summed E-state index contributed by atoms with van der Waals surface area (Å²) < 4.78 is 5.12. The van der Waals surface area contributed by atoms with Crippen LogP contribution >= 0.6 is 23.5 Å². The van der Waals surface area contributed by atoms with Gasteiger partial charge < -0.3 is 15.4 Å². The molecule has 2 heterocycles. The molecular formula is C33H52N4O4S2. The van der Waals surface area contributed by atoms with Crippen LogP contribution in [0.25, 0.3) is 0 Å². The highest BCUT2D eigenvalue weighted by molar-refractivity contribution is 8.01. The lowest BCUT2D eigenvalue weighted by Crippen LogP contribution is -2.59. The van der Waals surface area contributed by atoms with Gasteiger partial charge in [-0.25, -0.2) is 4.79 Å². The normalized spacial score (nSPS) is 22.6. The van der Waals surface area contributed by atoms with E-state index in [0.717, 1.165) is 38.2 Å². The van der Waals surface area contributed by atoms with E-state index >= 15 is 0 Å². The first kappa shape index (κ1) is 34.0. The van der Waals surface area contributed by atoms with E-state index in [0.29, 0.717) is 17.5 Å². The molecule has 0 bridgehead atoms. The van der Waals surface area contributed by atoms with Crippen LogP contribution in [-0.4, -0.2) is 86.7 Å². The van der Waals surface area contributed by atoms with E-state index in [9.17, 15) is 14.4 Å². The van der Waals surface area contributed by atoms with Gasteiger partial charge in [0, 0.05) is 36.2 Å². The van der Waals surface area contributed by atoms with Crippen molar-refractivity contribution in [1.29, 1.82) is 0 Å². The summed E-state index contributed by atoms with van der Waals surface area (Å²) in [5, 5.41) is 6.36. The first-order valence-corrected chi connectivity index (χ1v) is 18.1. The molecule has 2 saturated heterocycles. The summed E-state index contributed by atoms with van der Waals surface area (Å²) in [5.74, 6) is 2.16. The molecule has 3 fully saturated rings. The summed E-state index contributed by atoms with van der Waals surface area (Å²) in [7, 11) is 0. The van der Waals surface area contributed by atoms with Gasteiger partial charge in [-0.1, -0.05) is 49.6 Å². The summed E-state index contributed by atoms with van der Waals surface area (Å²) in [5.41, 5.74) is 0.640. The molecule has 10 heteroatoms. The molecule has 2 atom stereocenters. The summed E-state index contributed by atoms with van der Waals surface area (Å²) in [6.45, 7) is 12.2. The fourth-order valence-electron chi connectivity index (χ4n) is 6.22. The van der Waals surface area contributed by atoms with Crippen LogP contribution in [0.4, 0.5) is 4.79 Å². The van der Waals surface area contributed by atoms with Crippen LogP contribution in [0.1, 0.15) is 85.1 Å². The fourth-order valence-corrected chi connectivity index (χ4v) is 8.61. The molecule has 0 radical (unpaired) electrons. The average Bonchev–Trinajstić information content (AvgIpc) is 3.29. The Morgan fingerprint density at radius 1 is 1.05 bits per heavy atom. The van der Waals surface area contributed by atoms with E-state index < -0.39 is 28.5 Å². The van der Waals surface area contributed by atoms with Crippen molar-refractivity contribution in [2.75, 3.05) is 30.5 Å². The van der Waals surface area contributed by atoms with Gasteiger partial charge in [0.05, 0.1) is 5.88 Å². The largest absolute Gasteiger partial charge is 0.444 e. The summed E-state index contributed by atoms with van der Waals surface area (Å²) >= 11 is 3.32. The van der Waals surface area contributed by atoms with Gasteiger partial charge in [-0.3, -0.25) is 19.4 Å². The van der Waals surface area contributed by atoms with E-state index in [4.69, 9.17) is 4.74 Å². The number of thioether (sulfide) groups is 2. The van der Waals surface area contributed by atoms with Crippen molar-refractivity contribution in [2.45, 2.75) is 115 Å². The van der Waals surface area contributed by atoms with Crippen molar-refractivity contribution in [3.8, 4) is 0 Å². The van der Waals surface area contributed by atoms with Crippen molar-refractivity contribution in [3.05, 3.63) is 35.9 Å². The van der Waals surface area contributed by atoms with Crippen LogP contribution in [0.15, 0.2) is 30.3 Å². The third-order valence-electron chi connectivity index (χ3n) is 8.60. The second-order valence-electron chi connectivity index (χ2n) is 13.9. The van der Waals surface area contributed by atoms with Gasteiger partial charge in [0.1, 0.15) is 17.7 Å². The quantitative estimate of drug-likeness (QED) is 0.344. The van der Waals surface area contributed by atoms with Gasteiger partial charge in [-0.15, -0.1) is 11.8 Å². The molecule has 2 N–H and O–H groups in total. The van der Waals surface area contributed by atoms with E-state index in [-0.39, 0.29) is 17.9 Å². The lowest BCUT2D eigenvalue weighted by molar-refractivity contribution is -0.132. The molecule has 240 valence electrons. The maximum Gasteiger partial charge on any atom is 0.411 e. The Labute approximate surface area is 267 Å². The van der Waals surface area contributed by atoms with Crippen LogP contribution < -0.4 is 10.6 Å². The van der Waals surface area contributed by atoms with Gasteiger partial charge in [0.2, 0.25) is 11.8 Å². The molecule has 3 aliphatic rings. The number of likely N-dealkylation sites (tertiary alicyclic amines) is 1. The smallest absolute Gasteiger partial charge is 0.411 e. The molecule has 0 unspecified atom stereocenters. The van der Waals surface area contributed by atoms with Crippen molar-refractivity contribution in [2.24, 2.45) is 5.92 Å². The Hall–Kier alpha value is -1.91. The zero-order valence-electron chi connectivity index (χ0n) is 26.7. The highest BCUT2D eigenvalue weighted by Gasteiger charge is 2.49. The Kier molecular flexibility index (Phi) is 12.2. The number of benzene rings is 1. The summed E-state index contributed by atoms with van der Waals surface area (Å²) in [6.07, 6.45) is 7.64. The molecular weight excluding hydrogens is 581 g/mol. The van der Waals surface area contributed by atoms with Gasteiger partial charge in [-0.2, -0.15) is 11.8 Å². The number of carbonyl (C=O) groups excluding carboxylic acids is 3. The monoisotopic (exact) mass is 632 g/mol. The molecule has 1 aromatic rings. The van der Waals surface area contributed by atoms with Gasteiger partial charge >= 0.3 is 6.09 Å². The zero-order chi connectivity index (χ0) is 31.0. The van der Waals surface area contributed by atoms with Crippen LogP contribution in [0.3, 0.4) is 0 Å². The van der Waals surface area contributed by atoms with Gasteiger partial charge in [0.15, 0.2) is 0 Å². The van der Waals surface area contributed by atoms with Crippen LogP contribution in [-0.2, 0) is 20.9 Å². The molecule has 3 amide bonds. The topological polar surface area (TPSA) is 91.0 Å². The maximum atomic E-state index is 13.9. The lowest BCUT2D eigenvalue weighted by Gasteiger charge is -2.34. The molecule has 0 spiro atoms. The minimum Gasteiger partial charge on any atom is -0.444 e. The highest BCUT2D eigenvalue weighted by atomic mass is 32.2. The standard InChI is InChI=1S/C33H52N4O4S2/c1-32(2,3)41-31(40)37-23-43-33(4,5)28(37)30(39)35-27(22-42-21-25-14-10-7-11-15-25)29(38)34-26-16-18-36(19-17-26)20-24-12-8-6-9-13-24/h6,8-9,12-13,25-28H,7,10-11,14-23H2,1-5H3,(H,34,38)(H,35,39)/t27-,28+/m0/s1. The molecule has 2 aliphatic heterocycles. The Morgan fingerprint density at radius 2 is 1.72 bits per heavy atom. The number of amides is 3. The molecule has 1 saturated carbocycles. The first-order chi connectivity index (χ1) is 20.4. The maximum absolute atomic E-state index is 13.9.